The van der Waals surface area contributed by atoms with Crippen molar-refractivity contribution in [2.75, 3.05) is 18.8 Å². The summed E-state index contributed by atoms with van der Waals surface area (Å²) in [6, 6.07) is 12.4. The van der Waals surface area contributed by atoms with Crippen molar-refractivity contribution in [3.8, 4) is 0 Å². The molecule has 0 spiro atoms. The van der Waals surface area contributed by atoms with E-state index in [1.807, 2.05) is 24.5 Å². The van der Waals surface area contributed by atoms with Gasteiger partial charge in [0.05, 0.1) is 0 Å². The smallest absolute Gasteiger partial charge is 0.0314 e. The van der Waals surface area contributed by atoms with E-state index < -0.39 is 0 Å². The molecule has 2 rings (SSSR count). The van der Waals surface area contributed by atoms with Gasteiger partial charge in [0.15, 0.2) is 0 Å². The van der Waals surface area contributed by atoms with Gasteiger partial charge in [-0.25, -0.2) is 0 Å². The van der Waals surface area contributed by atoms with Crippen molar-refractivity contribution in [3.05, 3.63) is 59.9 Å². The van der Waals surface area contributed by atoms with Crippen LogP contribution in [0.15, 0.2) is 48.8 Å². The number of hydrogen-bond acceptors (Lipinski definition) is 3. The Balaban J connectivity index is 1.91. The van der Waals surface area contributed by atoms with Crippen LogP contribution in [-0.4, -0.2) is 23.0 Å². The highest BCUT2D eigenvalue weighted by Gasteiger charge is 2.05. The minimum Gasteiger partial charge on any atom is -0.399 e. The van der Waals surface area contributed by atoms with Crippen LogP contribution < -0.4 is 5.73 Å². The standard InChI is InChI=1S/C17H23N3/c1-2-12-20(13-9-15-7-10-19-11-8-15)14-16-3-5-17(18)6-4-16/h3-8,10-11H,2,9,12-14,18H2,1H3. The van der Waals surface area contributed by atoms with Crippen molar-refractivity contribution < 1.29 is 0 Å². The summed E-state index contributed by atoms with van der Waals surface area (Å²) in [6.07, 6.45) is 5.96. The minimum atomic E-state index is 0.826. The van der Waals surface area contributed by atoms with Crippen LogP contribution in [0, 0.1) is 0 Å². The zero-order chi connectivity index (χ0) is 14.2. The Morgan fingerprint density at radius 1 is 0.950 bits per heavy atom. The molecule has 0 bridgehead atoms. The summed E-state index contributed by atoms with van der Waals surface area (Å²) in [7, 11) is 0. The van der Waals surface area contributed by atoms with Crippen LogP contribution in [0.2, 0.25) is 0 Å². The van der Waals surface area contributed by atoms with E-state index in [9.17, 15) is 0 Å². The predicted octanol–water partition coefficient (Wildman–Crippen LogP) is 3.12. The summed E-state index contributed by atoms with van der Waals surface area (Å²) in [4.78, 5) is 6.55. The lowest BCUT2D eigenvalue weighted by atomic mass is 10.1. The van der Waals surface area contributed by atoms with E-state index in [4.69, 9.17) is 5.73 Å². The third kappa shape index (κ3) is 4.67. The highest BCUT2D eigenvalue weighted by Crippen LogP contribution is 2.10. The maximum Gasteiger partial charge on any atom is 0.0314 e. The van der Waals surface area contributed by atoms with Gasteiger partial charge in [0.2, 0.25) is 0 Å². The first-order chi connectivity index (χ1) is 9.78. The fourth-order valence-corrected chi connectivity index (χ4v) is 2.30. The molecule has 0 radical (unpaired) electrons. The number of anilines is 1. The van der Waals surface area contributed by atoms with Gasteiger partial charge in [-0.3, -0.25) is 9.88 Å². The maximum atomic E-state index is 5.73. The molecular weight excluding hydrogens is 246 g/mol. The van der Waals surface area contributed by atoms with E-state index in [1.165, 1.54) is 17.5 Å². The van der Waals surface area contributed by atoms with E-state index in [0.29, 0.717) is 0 Å². The van der Waals surface area contributed by atoms with Crippen LogP contribution in [0.25, 0.3) is 0 Å². The van der Waals surface area contributed by atoms with Crippen LogP contribution in [0.4, 0.5) is 5.69 Å². The number of rotatable bonds is 7. The zero-order valence-electron chi connectivity index (χ0n) is 12.1. The maximum absolute atomic E-state index is 5.73. The fourth-order valence-electron chi connectivity index (χ4n) is 2.30. The van der Waals surface area contributed by atoms with Crippen molar-refractivity contribution in [2.24, 2.45) is 0 Å². The average molecular weight is 269 g/mol. The predicted molar refractivity (Wildman–Crippen MR) is 84.4 cm³/mol. The fraction of sp³-hybridized carbons (Fsp3) is 0.353. The van der Waals surface area contributed by atoms with Crippen molar-refractivity contribution in [2.45, 2.75) is 26.3 Å². The summed E-state index contributed by atoms with van der Waals surface area (Å²) >= 11 is 0. The van der Waals surface area contributed by atoms with Gasteiger partial charge >= 0.3 is 0 Å². The zero-order valence-corrected chi connectivity index (χ0v) is 12.1. The van der Waals surface area contributed by atoms with Gasteiger partial charge in [-0.2, -0.15) is 0 Å². The summed E-state index contributed by atoms with van der Waals surface area (Å²) in [5.74, 6) is 0. The summed E-state index contributed by atoms with van der Waals surface area (Å²) in [5.41, 5.74) is 9.23. The molecule has 0 aliphatic heterocycles. The molecule has 2 N–H and O–H groups in total. The molecule has 2 aromatic rings. The van der Waals surface area contributed by atoms with Gasteiger partial charge in [0.1, 0.15) is 0 Å². The van der Waals surface area contributed by atoms with Gasteiger partial charge in [-0.05, 0) is 54.8 Å². The number of nitrogen functional groups attached to an aromatic ring is 1. The third-order valence-electron chi connectivity index (χ3n) is 3.39. The van der Waals surface area contributed by atoms with E-state index in [1.54, 1.807) is 0 Å². The number of hydrogen-bond donors (Lipinski definition) is 1. The first-order valence-corrected chi connectivity index (χ1v) is 7.23. The molecule has 1 aromatic heterocycles. The molecular formula is C17H23N3. The minimum absolute atomic E-state index is 0.826. The highest BCUT2D eigenvalue weighted by atomic mass is 15.1. The lowest BCUT2D eigenvalue weighted by Crippen LogP contribution is -2.26. The van der Waals surface area contributed by atoms with Crippen LogP contribution in [0.1, 0.15) is 24.5 Å². The Morgan fingerprint density at radius 2 is 1.65 bits per heavy atom. The molecule has 0 aliphatic rings. The molecule has 0 atom stereocenters. The number of benzene rings is 1. The Kier molecular flexibility index (Phi) is 5.56. The molecule has 3 nitrogen and oxygen atoms in total. The van der Waals surface area contributed by atoms with E-state index in [-0.39, 0.29) is 0 Å². The Labute approximate surface area is 121 Å². The second kappa shape index (κ2) is 7.65. The Hall–Kier alpha value is -1.87. The molecule has 0 saturated heterocycles. The molecule has 1 aromatic carbocycles. The topological polar surface area (TPSA) is 42.2 Å². The van der Waals surface area contributed by atoms with Crippen molar-refractivity contribution in [1.82, 2.24) is 9.88 Å². The van der Waals surface area contributed by atoms with Crippen LogP contribution in [0.5, 0.6) is 0 Å². The van der Waals surface area contributed by atoms with Gasteiger partial charge in [-0.15, -0.1) is 0 Å². The Bertz CT molecular complexity index is 493. The molecule has 0 fully saturated rings. The van der Waals surface area contributed by atoms with Gasteiger partial charge < -0.3 is 5.73 Å². The molecule has 0 saturated carbocycles. The molecule has 20 heavy (non-hydrogen) atoms. The van der Waals surface area contributed by atoms with Crippen molar-refractivity contribution in [3.63, 3.8) is 0 Å². The average Bonchev–Trinajstić information content (AvgIpc) is 2.48. The van der Waals surface area contributed by atoms with Gasteiger partial charge in [-0.1, -0.05) is 19.1 Å². The van der Waals surface area contributed by atoms with Crippen molar-refractivity contribution in [1.29, 1.82) is 0 Å². The molecule has 0 aliphatic carbocycles. The largest absolute Gasteiger partial charge is 0.399 e. The molecule has 106 valence electrons. The normalized spacial score (nSPS) is 10.9. The third-order valence-corrected chi connectivity index (χ3v) is 3.39. The number of aromatic nitrogens is 1. The summed E-state index contributed by atoms with van der Waals surface area (Å²) in [6.45, 7) is 5.40. The number of nitrogens with zero attached hydrogens (tertiary/aromatic N) is 2. The van der Waals surface area contributed by atoms with E-state index >= 15 is 0 Å². The molecule has 0 amide bonds. The molecule has 3 heteroatoms. The van der Waals surface area contributed by atoms with Crippen LogP contribution >= 0.6 is 0 Å². The first-order valence-electron chi connectivity index (χ1n) is 7.23. The van der Waals surface area contributed by atoms with Crippen molar-refractivity contribution >= 4 is 5.69 Å². The van der Waals surface area contributed by atoms with Gasteiger partial charge in [0, 0.05) is 31.2 Å². The summed E-state index contributed by atoms with van der Waals surface area (Å²) < 4.78 is 0. The molecule has 1 heterocycles. The quantitative estimate of drug-likeness (QED) is 0.785. The number of nitrogens with two attached hydrogens (primary N) is 1. The van der Waals surface area contributed by atoms with Crippen LogP contribution in [0.3, 0.4) is 0 Å². The monoisotopic (exact) mass is 269 g/mol. The number of pyridine rings is 1. The molecule has 0 unspecified atom stereocenters. The first kappa shape index (κ1) is 14.5. The summed E-state index contributed by atoms with van der Waals surface area (Å²) in [5, 5.41) is 0. The van der Waals surface area contributed by atoms with E-state index in [2.05, 4.69) is 41.1 Å². The second-order valence-corrected chi connectivity index (χ2v) is 5.12. The lowest BCUT2D eigenvalue weighted by Gasteiger charge is -2.22. The second-order valence-electron chi connectivity index (χ2n) is 5.12. The lowest BCUT2D eigenvalue weighted by molar-refractivity contribution is 0.269. The van der Waals surface area contributed by atoms with Crippen LogP contribution in [-0.2, 0) is 13.0 Å². The van der Waals surface area contributed by atoms with E-state index in [0.717, 1.165) is 31.7 Å². The SMILES string of the molecule is CCCN(CCc1ccncc1)Cc1ccc(N)cc1. The Morgan fingerprint density at radius 3 is 2.30 bits per heavy atom. The highest BCUT2D eigenvalue weighted by molar-refractivity contribution is 5.39. The van der Waals surface area contributed by atoms with Gasteiger partial charge in [0.25, 0.3) is 0 Å².